The summed E-state index contributed by atoms with van der Waals surface area (Å²) in [4.78, 5) is 0. The maximum Gasteiger partial charge on any atom is 0.292 e. The normalized spacial score (nSPS) is 19.9. The van der Waals surface area contributed by atoms with Gasteiger partial charge in [-0.05, 0) is 81.9 Å². The second-order valence-electron chi connectivity index (χ2n) is 22.0. The van der Waals surface area contributed by atoms with Gasteiger partial charge in [-0.1, -0.05) is 184 Å². The number of ether oxygens (including phenoxy) is 2. The van der Waals surface area contributed by atoms with E-state index >= 15 is 18.3 Å². The molecule has 16 heteroatoms. The Kier molecular flexibility index (Phi) is 13.1. The fourth-order valence-electron chi connectivity index (χ4n) is 12.5. The molecule has 0 amide bonds. The number of hydrogen-bond donors (Lipinski definition) is 0. The summed E-state index contributed by atoms with van der Waals surface area (Å²) in [5, 5.41) is 23.1. The molecule has 0 aromatic heterocycles. The van der Waals surface area contributed by atoms with E-state index in [9.17, 15) is 10.5 Å². The molecule has 0 saturated carbocycles. The number of fused-ring (bicyclic) bond motifs is 12. The van der Waals surface area contributed by atoms with Crippen LogP contribution in [-0.2, 0) is 48.3 Å². The molecule has 0 aliphatic carbocycles. The Balaban J connectivity index is 0.981. The van der Waals surface area contributed by atoms with E-state index in [1.807, 2.05) is 196 Å². The van der Waals surface area contributed by atoms with Gasteiger partial charge >= 0.3 is 0 Å². The molecule has 10 aromatic rings. The molecule has 0 radical (unpaired) electrons. The fraction of sp³-hybridized carbons (Fsp3) is 0.101. The van der Waals surface area contributed by atoms with Gasteiger partial charge in [-0.3, -0.25) is 18.3 Å². The van der Waals surface area contributed by atoms with Crippen molar-refractivity contribution >= 4 is 50.7 Å². The first kappa shape index (κ1) is 53.9. The van der Waals surface area contributed by atoms with Gasteiger partial charge in [0.2, 0.25) is 0 Å². The third-order valence-corrected chi connectivity index (χ3v) is 26.0. The molecule has 0 bridgehead atoms. The molecule has 10 aromatic carbocycles. The number of hydrogen-bond acceptors (Lipinski definition) is 12. The second-order valence-corrected chi connectivity index (χ2v) is 31.3. The van der Waals surface area contributed by atoms with Crippen LogP contribution in [0.4, 0.5) is 0 Å². The predicted molar refractivity (Wildman–Crippen MR) is 331 cm³/mol. The van der Waals surface area contributed by atoms with E-state index in [0.29, 0.717) is 77.6 Å². The van der Waals surface area contributed by atoms with E-state index in [1.165, 1.54) is 0 Å². The van der Waals surface area contributed by atoms with Gasteiger partial charge in [-0.15, -0.1) is 10.5 Å². The van der Waals surface area contributed by atoms with Crippen LogP contribution >= 0.6 is 29.5 Å². The van der Waals surface area contributed by atoms with Crippen LogP contribution in [0.3, 0.4) is 0 Å². The van der Waals surface area contributed by atoms with Gasteiger partial charge < -0.3 is 27.6 Å². The SMILES string of the molecule is CC(C)(c1cc(CP2(=O)Oc3ccccc3-c3ccccc32)c(OC#N)c(CP2(=O)Oc3ccccc3-c3ccccc32)c1)c1cc(CP2(=O)Oc3ccccc3-c3ccccc32)c(OC#N)c(CP2(=O)Oc3ccccc3-c3ccccc32)c1. The zero-order valence-electron chi connectivity index (χ0n) is 45.9. The Morgan fingerprint density at radius 3 is 0.788 bits per heavy atom. The van der Waals surface area contributed by atoms with Crippen molar-refractivity contribution in [3.8, 4) is 91.5 Å². The molecule has 12 nitrogen and oxygen atoms in total. The largest absolute Gasteiger partial charge is 0.439 e. The third-order valence-electron chi connectivity index (χ3n) is 16.5. The average Bonchev–Trinajstić information content (AvgIpc) is 1.57. The molecule has 4 aliphatic rings. The van der Waals surface area contributed by atoms with Crippen LogP contribution in [0.5, 0.6) is 34.5 Å². The summed E-state index contributed by atoms with van der Waals surface area (Å²) < 4.78 is 103. The van der Waals surface area contributed by atoms with Crippen LogP contribution in [0.2, 0.25) is 0 Å². The summed E-state index contributed by atoms with van der Waals surface area (Å²) in [6.45, 7) is 3.94. The van der Waals surface area contributed by atoms with Crippen molar-refractivity contribution in [3.63, 3.8) is 0 Å². The van der Waals surface area contributed by atoms with Crippen LogP contribution in [0.1, 0.15) is 47.2 Å². The minimum atomic E-state index is -3.94. The van der Waals surface area contributed by atoms with Crippen molar-refractivity contribution in [3.05, 3.63) is 252 Å². The average molecular weight is 1190 g/mol. The van der Waals surface area contributed by atoms with Gasteiger partial charge in [-0.25, -0.2) is 0 Å². The minimum absolute atomic E-state index is 0.0458. The summed E-state index contributed by atoms with van der Waals surface area (Å²) >= 11 is 0. The highest BCUT2D eigenvalue weighted by Crippen LogP contribution is 2.63. The van der Waals surface area contributed by atoms with Gasteiger partial charge in [0.05, 0.1) is 45.9 Å². The van der Waals surface area contributed by atoms with Crippen molar-refractivity contribution in [1.82, 2.24) is 0 Å². The molecule has 0 N–H and O–H groups in total. The first-order chi connectivity index (χ1) is 41.2. The van der Waals surface area contributed by atoms with Gasteiger partial charge in [0.25, 0.3) is 42.0 Å². The molecule has 0 saturated heterocycles. The van der Waals surface area contributed by atoms with Crippen molar-refractivity contribution in [2.45, 2.75) is 43.9 Å². The highest BCUT2D eigenvalue weighted by Gasteiger charge is 2.44. The summed E-state index contributed by atoms with van der Waals surface area (Å²) in [6.07, 6.45) is 2.75. The van der Waals surface area contributed by atoms with Crippen LogP contribution in [-0.4, -0.2) is 0 Å². The molecular formula is C69H50N2O10P4. The van der Waals surface area contributed by atoms with Crippen LogP contribution < -0.4 is 48.8 Å². The zero-order valence-corrected chi connectivity index (χ0v) is 49.5. The molecule has 14 rings (SSSR count). The molecular weight excluding hydrogens is 1140 g/mol. The smallest absolute Gasteiger partial charge is 0.292 e. The molecule has 4 aliphatic heterocycles. The van der Waals surface area contributed by atoms with Crippen molar-refractivity contribution < 1.29 is 45.8 Å². The van der Waals surface area contributed by atoms with Gasteiger partial charge in [0.15, 0.2) is 0 Å². The number of rotatable bonds is 12. The van der Waals surface area contributed by atoms with Crippen LogP contribution in [0.15, 0.2) is 218 Å². The Bertz CT molecular complexity index is 4190. The maximum atomic E-state index is 16.0. The molecule has 416 valence electrons. The van der Waals surface area contributed by atoms with E-state index in [4.69, 9.17) is 27.6 Å². The Morgan fingerprint density at radius 1 is 0.341 bits per heavy atom. The van der Waals surface area contributed by atoms with Crippen LogP contribution in [0.25, 0.3) is 44.5 Å². The lowest BCUT2D eigenvalue weighted by Gasteiger charge is -2.33. The highest BCUT2D eigenvalue weighted by molar-refractivity contribution is 7.68. The number of nitrogens with zero attached hydrogens (tertiary/aromatic N) is 2. The van der Waals surface area contributed by atoms with Crippen molar-refractivity contribution in [2.75, 3.05) is 0 Å². The summed E-state index contributed by atoms with van der Waals surface area (Å²) in [5.74, 6) is 1.81. The second kappa shape index (κ2) is 20.6. The number of para-hydroxylation sites is 4. The van der Waals surface area contributed by atoms with E-state index in [2.05, 4.69) is 0 Å². The lowest BCUT2D eigenvalue weighted by Crippen LogP contribution is -2.24. The monoisotopic (exact) mass is 1190 g/mol. The Hall–Kier alpha value is -9.10. The number of benzene rings is 10. The minimum Gasteiger partial charge on any atom is -0.439 e. The molecule has 4 unspecified atom stereocenters. The standard InChI is InChI=1S/C69H50N2O10P4/c1-69(2,49-35-45(39-82(72)63-31-15-7-23-55(63)51-19-3-11-27-59(51)78-82)67(76-43-70)46(36-49)40-83(73)64-32-16-8-24-56(64)52-20-4-12-28-60(52)79-83)50-37-47(41-84(74)65-33-17-9-25-57(65)53-21-5-13-29-61(53)80-84)68(77-44-71)48(38-50)42-85(75)66-34-18-10-26-58(66)54-22-6-14-30-62(54)81-85/h3-38H,39-42H2,1-2H3. The van der Waals surface area contributed by atoms with Gasteiger partial charge in [0.1, 0.15) is 34.5 Å². The molecule has 4 atom stereocenters. The van der Waals surface area contributed by atoms with Gasteiger partial charge in [-0.2, -0.15) is 0 Å². The molecule has 0 fully saturated rings. The van der Waals surface area contributed by atoms with E-state index < -0.39 is 34.9 Å². The molecule has 4 heterocycles. The van der Waals surface area contributed by atoms with E-state index in [1.54, 1.807) is 48.5 Å². The first-order valence-corrected chi connectivity index (χ1v) is 34.8. The summed E-state index contributed by atoms with van der Waals surface area (Å²) in [6, 6.07) is 66.5. The Labute approximate surface area is 491 Å². The lowest BCUT2D eigenvalue weighted by molar-refractivity contribution is 0.476. The van der Waals surface area contributed by atoms with Crippen molar-refractivity contribution in [1.29, 1.82) is 10.5 Å². The fourth-order valence-corrected chi connectivity index (χ4v) is 22.0. The van der Waals surface area contributed by atoms with Crippen molar-refractivity contribution in [2.24, 2.45) is 0 Å². The Morgan fingerprint density at radius 2 is 0.553 bits per heavy atom. The van der Waals surface area contributed by atoms with E-state index in [0.717, 1.165) is 44.5 Å². The molecule has 85 heavy (non-hydrogen) atoms. The third kappa shape index (κ3) is 9.12. The van der Waals surface area contributed by atoms with Crippen LogP contribution in [0, 0.1) is 23.0 Å². The van der Waals surface area contributed by atoms with Gasteiger partial charge in [0, 0.05) is 49.9 Å². The lowest BCUT2D eigenvalue weighted by atomic mass is 9.76. The highest BCUT2D eigenvalue weighted by atomic mass is 31.2. The molecule has 0 spiro atoms. The first-order valence-electron chi connectivity index (χ1n) is 27.5. The quantitative estimate of drug-likeness (QED) is 0.0839. The summed E-state index contributed by atoms with van der Waals surface area (Å²) in [7, 11) is -15.8. The zero-order chi connectivity index (χ0) is 58.3. The predicted octanol–water partition coefficient (Wildman–Crippen LogP) is 16.4. The van der Waals surface area contributed by atoms with E-state index in [-0.39, 0.29) is 36.1 Å². The topological polar surface area (TPSA) is 171 Å². The summed E-state index contributed by atoms with van der Waals surface area (Å²) in [5.41, 5.74) is 7.38. The number of nitriles is 2. The maximum absolute atomic E-state index is 16.0.